The van der Waals surface area contributed by atoms with E-state index in [1.165, 1.54) is 27.8 Å². The molecule has 27 heavy (non-hydrogen) atoms. The Morgan fingerprint density at radius 1 is 1.37 bits per heavy atom. The number of benzene rings is 1. The van der Waals surface area contributed by atoms with Crippen LogP contribution in [0.2, 0.25) is 0 Å². The first-order valence-corrected chi connectivity index (χ1v) is 10.7. The fraction of sp³-hybridized carbons (Fsp3) is 0.429. The van der Waals surface area contributed by atoms with Crippen LogP contribution in [0.25, 0.3) is 10.9 Å². The van der Waals surface area contributed by atoms with Crippen molar-refractivity contribution in [3.8, 4) is 0 Å². The van der Waals surface area contributed by atoms with Crippen molar-refractivity contribution in [1.82, 2.24) is 9.97 Å². The summed E-state index contributed by atoms with van der Waals surface area (Å²) < 4.78 is 0. The van der Waals surface area contributed by atoms with Gasteiger partial charge in [0, 0.05) is 53.0 Å². The number of carbonyl (C=O) groups is 1. The molecule has 0 bridgehead atoms. The smallest absolute Gasteiger partial charge is 0.226 e. The van der Waals surface area contributed by atoms with Crippen molar-refractivity contribution >= 4 is 33.3 Å². The fourth-order valence-corrected chi connectivity index (χ4v) is 4.96. The van der Waals surface area contributed by atoms with Gasteiger partial charge in [-0.1, -0.05) is 25.1 Å². The lowest BCUT2D eigenvalue weighted by molar-refractivity contribution is -0.923. The number of likely N-dealkylation sites (tertiary alicyclic amines) is 1. The van der Waals surface area contributed by atoms with Crippen molar-refractivity contribution in [2.24, 2.45) is 11.8 Å². The number of nitrogens with one attached hydrogen (secondary N) is 3. The Morgan fingerprint density at radius 3 is 3.07 bits per heavy atom. The maximum atomic E-state index is 12.4. The Hall–Kier alpha value is -2.18. The number of para-hydroxylation sites is 1. The SMILES string of the molecule is CC[C@H]1C[NH+](Cc2c[nH]c3ccccc23)CC[C@H]1CC(=O)Nc1nccs1. The van der Waals surface area contributed by atoms with E-state index < -0.39 is 0 Å². The molecular formula is C21H27N4OS+. The molecule has 1 aliphatic heterocycles. The molecule has 4 rings (SSSR count). The number of hydrogen-bond acceptors (Lipinski definition) is 3. The largest absolute Gasteiger partial charge is 0.361 e. The Labute approximate surface area is 163 Å². The summed E-state index contributed by atoms with van der Waals surface area (Å²) in [6, 6.07) is 8.52. The van der Waals surface area contributed by atoms with Crippen molar-refractivity contribution in [2.75, 3.05) is 18.4 Å². The first-order valence-electron chi connectivity index (χ1n) is 9.80. The van der Waals surface area contributed by atoms with Crippen LogP contribution in [0, 0.1) is 11.8 Å². The Bertz CT molecular complexity index is 889. The van der Waals surface area contributed by atoms with E-state index >= 15 is 0 Å². The van der Waals surface area contributed by atoms with Gasteiger partial charge in [0.1, 0.15) is 6.54 Å². The molecule has 0 saturated carbocycles. The molecule has 3 N–H and O–H groups in total. The van der Waals surface area contributed by atoms with Gasteiger partial charge < -0.3 is 15.2 Å². The zero-order chi connectivity index (χ0) is 18.6. The molecule has 1 unspecified atom stereocenters. The summed E-state index contributed by atoms with van der Waals surface area (Å²) in [6.07, 6.45) is 6.74. The molecule has 2 aromatic heterocycles. The number of nitrogens with zero attached hydrogens (tertiary/aromatic N) is 1. The van der Waals surface area contributed by atoms with Gasteiger partial charge in [-0.25, -0.2) is 4.98 Å². The predicted octanol–water partition coefficient (Wildman–Crippen LogP) is 3.08. The number of thiazole rings is 1. The molecule has 0 spiro atoms. The van der Waals surface area contributed by atoms with E-state index in [1.807, 2.05) is 5.38 Å². The van der Waals surface area contributed by atoms with E-state index in [9.17, 15) is 4.79 Å². The second-order valence-corrected chi connectivity index (χ2v) is 8.44. The highest BCUT2D eigenvalue weighted by molar-refractivity contribution is 7.13. The predicted molar refractivity (Wildman–Crippen MR) is 110 cm³/mol. The summed E-state index contributed by atoms with van der Waals surface area (Å²) in [6.45, 7) is 5.58. The average molecular weight is 384 g/mol. The molecule has 142 valence electrons. The van der Waals surface area contributed by atoms with Crippen LogP contribution in [-0.4, -0.2) is 29.0 Å². The number of aromatic nitrogens is 2. The second kappa shape index (κ2) is 8.23. The first-order chi connectivity index (χ1) is 13.2. The van der Waals surface area contributed by atoms with Crippen LogP contribution < -0.4 is 10.2 Å². The van der Waals surface area contributed by atoms with E-state index in [2.05, 4.69) is 52.7 Å². The number of H-pyrrole nitrogens is 1. The molecule has 1 fully saturated rings. The lowest BCUT2D eigenvalue weighted by atomic mass is 9.81. The number of anilines is 1. The second-order valence-electron chi connectivity index (χ2n) is 7.55. The molecule has 1 aromatic carbocycles. The molecule has 0 aliphatic carbocycles. The van der Waals surface area contributed by atoms with Crippen LogP contribution in [0.15, 0.2) is 42.0 Å². The monoisotopic (exact) mass is 383 g/mol. The van der Waals surface area contributed by atoms with E-state index in [4.69, 9.17) is 0 Å². The maximum absolute atomic E-state index is 12.4. The summed E-state index contributed by atoms with van der Waals surface area (Å²) in [7, 11) is 0. The molecule has 1 saturated heterocycles. The summed E-state index contributed by atoms with van der Waals surface area (Å²) in [5.41, 5.74) is 2.61. The van der Waals surface area contributed by atoms with Gasteiger partial charge in [0.05, 0.1) is 13.1 Å². The zero-order valence-corrected chi connectivity index (χ0v) is 16.5. The summed E-state index contributed by atoms with van der Waals surface area (Å²) >= 11 is 1.47. The number of carbonyl (C=O) groups excluding carboxylic acids is 1. The van der Waals surface area contributed by atoms with Crippen molar-refractivity contribution in [1.29, 1.82) is 0 Å². The van der Waals surface area contributed by atoms with Crippen LogP contribution >= 0.6 is 11.3 Å². The molecule has 0 radical (unpaired) electrons. The van der Waals surface area contributed by atoms with E-state index in [0.29, 0.717) is 23.4 Å². The highest BCUT2D eigenvalue weighted by atomic mass is 32.1. The van der Waals surface area contributed by atoms with Gasteiger partial charge >= 0.3 is 0 Å². The summed E-state index contributed by atoms with van der Waals surface area (Å²) in [5.74, 6) is 1.18. The standard InChI is InChI=1S/C21H26N4OS/c1-2-15-13-25(14-17-12-23-19-6-4-3-5-18(17)19)9-7-16(15)11-20(26)24-21-22-8-10-27-21/h3-6,8,10,12,15-16,23H,2,7,9,11,13-14H2,1H3,(H,22,24,26)/p+1/t15-,16-/m0/s1. The Kier molecular flexibility index (Phi) is 5.55. The molecule has 5 nitrogen and oxygen atoms in total. The first kappa shape index (κ1) is 18.2. The molecule has 1 aliphatic rings. The molecule has 3 aromatic rings. The number of hydrogen-bond donors (Lipinski definition) is 3. The van der Waals surface area contributed by atoms with Gasteiger partial charge in [0.15, 0.2) is 5.13 Å². The van der Waals surface area contributed by atoms with Gasteiger partial charge in [0.2, 0.25) is 5.91 Å². The number of rotatable bonds is 6. The third-order valence-corrected chi connectivity index (χ3v) is 6.54. The lowest BCUT2D eigenvalue weighted by Crippen LogP contribution is -3.12. The van der Waals surface area contributed by atoms with Crippen molar-refractivity contribution in [2.45, 2.75) is 32.7 Å². The van der Waals surface area contributed by atoms with Crippen molar-refractivity contribution in [3.05, 3.63) is 47.6 Å². The molecule has 1 amide bonds. The Balaban J connectivity index is 1.36. The minimum absolute atomic E-state index is 0.105. The van der Waals surface area contributed by atoms with Crippen LogP contribution in [0.5, 0.6) is 0 Å². The minimum Gasteiger partial charge on any atom is -0.361 e. The highest BCUT2D eigenvalue weighted by Gasteiger charge is 2.32. The number of amides is 1. The maximum Gasteiger partial charge on any atom is 0.226 e. The van der Waals surface area contributed by atoms with Crippen LogP contribution in [0.3, 0.4) is 0 Å². The van der Waals surface area contributed by atoms with Gasteiger partial charge in [-0.3, -0.25) is 4.79 Å². The highest BCUT2D eigenvalue weighted by Crippen LogP contribution is 2.25. The van der Waals surface area contributed by atoms with E-state index in [-0.39, 0.29) is 5.91 Å². The molecule has 3 atom stereocenters. The molecule has 3 heterocycles. The van der Waals surface area contributed by atoms with E-state index in [1.54, 1.807) is 11.1 Å². The number of piperidine rings is 1. The number of quaternary nitrogens is 1. The van der Waals surface area contributed by atoms with E-state index in [0.717, 1.165) is 32.5 Å². The normalized spacial score (nSPS) is 22.8. The number of aromatic amines is 1. The minimum atomic E-state index is 0.105. The quantitative estimate of drug-likeness (QED) is 0.613. The summed E-state index contributed by atoms with van der Waals surface area (Å²) in [5, 5.41) is 6.87. The van der Waals surface area contributed by atoms with Gasteiger partial charge in [-0.05, 0) is 18.4 Å². The third kappa shape index (κ3) is 4.22. The third-order valence-electron chi connectivity index (χ3n) is 5.85. The average Bonchev–Trinajstić information content (AvgIpc) is 3.33. The van der Waals surface area contributed by atoms with Crippen LogP contribution in [0.4, 0.5) is 5.13 Å². The van der Waals surface area contributed by atoms with Gasteiger partial charge in [-0.2, -0.15) is 0 Å². The lowest BCUT2D eigenvalue weighted by Gasteiger charge is -2.35. The summed E-state index contributed by atoms with van der Waals surface area (Å²) in [4.78, 5) is 21.5. The molecule has 6 heteroatoms. The molecular weight excluding hydrogens is 356 g/mol. The van der Waals surface area contributed by atoms with Gasteiger partial charge in [0.25, 0.3) is 0 Å². The van der Waals surface area contributed by atoms with Gasteiger partial charge in [-0.15, -0.1) is 11.3 Å². The van der Waals surface area contributed by atoms with Crippen LogP contribution in [-0.2, 0) is 11.3 Å². The van der Waals surface area contributed by atoms with Crippen molar-refractivity contribution in [3.63, 3.8) is 0 Å². The van der Waals surface area contributed by atoms with Crippen molar-refractivity contribution < 1.29 is 9.69 Å². The topological polar surface area (TPSA) is 62.2 Å². The Morgan fingerprint density at radius 2 is 2.26 bits per heavy atom. The van der Waals surface area contributed by atoms with Crippen LogP contribution in [0.1, 0.15) is 31.7 Å². The fourth-order valence-electron chi connectivity index (χ4n) is 4.41. The number of fused-ring (bicyclic) bond motifs is 1. The zero-order valence-electron chi connectivity index (χ0n) is 15.7.